The Balaban J connectivity index is 1.62. The fourth-order valence-corrected chi connectivity index (χ4v) is 2.97. The van der Waals surface area contributed by atoms with E-state index in [-0.39, 0.29) is 11.7 Å². The average Bonchev–Trinajstić information content (AvgIpc) is 2.87. The van der Waals surface area contributed by atoms with Gasteiger partial charge in [0.15, 0.2) is 5.16 Å². The quantitative estimate of drug-likeness (QED) is 0.675. The third kappa shape index (κ3) is 3.74. The van der Waals surface area contributed by atoms with E-state index in [0.717, 1.165) is 11.0 Å². The van der Waals surface area contributed by atoms with Crippen LogP contribution in [0.1, 0.15) is 0 Å². The largest absolute Gasteiger partial charge is 0.333 e. The van der Waals surface area contributed by atoms with Crippen LogP contribution in [0.5, 0.6) is 0 Å². The molecule has 0 atom stereocenters. The topological polar surface area (TPSA) is 57.8 Å². The molecule has 1 aromatic heterocycles. The van der Waals surface area contributed by atoms with Gasteiger partial charge in [-0.1, -0.05) is 41.0 Å². The van der Waals surface area contributed by atoms with Gasteiger partial charge in [0.1, 0.15) is 0 Å². The van der Waals surface area contributed by atoms with E-state index in [1.807, 2.05) is 6.07 Å². The summed E-state index contributed by atoms with van der Waals surface area (Å²) < 4.78 is 0. The number of fused-ring (bicyclic) bond motifs is 1. The lowest BCUT2D eigenvalue weighted by Gasteiger charge is -2.04. The van der Waals surface area contributed by atoms with Crippen LogP contribution in [0.2, 0.25) is 10.0 Å². The predicted octanol–water partition coefficient (Wildman–Crippen LogP) is 4.60. The zero-order valence-corrected chi connectivity index (χ0v) is 13.6. The molecule has 1 heterocycles. The zero-order valence-electron chi connectivity index (χ0n) is 11.3. The fourth-order valence-electron chi connectivity index (χ4n) is 1.92. The summed E-state index contributed by atoms with van der Waals surface area (Å²) in [4.78, 5) is 19.5. The first kappa shape index (κ1) is 15.2. The number of rotatable bonds is 4. The molecule has 0 spiro atoms. The maximum Gasteiger partial charge on any atom is 0.234 e. The first-order valence-corrected chi connectivity index (χ1v) is 8.18. The molecule has 22 heavy (non-hydrogen) atoms. The molecule has 2 aromatic carbocycles. The number of halogens is 2. The number of carbonyl (C=O) groups excluding carboxylic acids is 1. The van der Waals surface area contributed by atoms with Gasteiger partial charge < -0.3 is 10.3 Å². The molecule has 1 amide bonds. The Kier molecular flexibility index (Phi) is 4.57. The molecule has 0 aliphatic carbocycles. The van der Waals surface area contributed by atoms with Gasteiger partial charge in [0, 0.05) is 15.7 Å². The summed E-state index contributed by atoms with van der Waals surface area (Å²) >= 11 is 13.1. The van der Waals surface area contributed by atoms with Crippen LogP contribution in [-0.4, -0.2) is 21.6 Å². The Labute approximate surface area is 141 Å². The second kappa shape index (κ2) is 6.60. The highest BCUT2D eigenvalue weighted by Gasteiger charge is 2.08. The minimum absolute atomic E-state index is 0.120. The number of aromatic amines is 1. The molecule has 0 fully saturated rings. The molecule has 3 aromatic rings. The van der Waals surface area contributed by atoms with Crippen molar-refractivity contribution in [3.8, 4) is 0 Å². The summed E-state index contributed by atoms with van der Waals surface area (Å²) in [6.07, 6.45) is 0. The van der Waals surface area contributed by atoms with Crippen LogP contribution in [0.3, 0.4) is 0 Å². The van der Waals surface area contributed by atoms with Crippen LogP contribution >= 0.6 is 35.0 Å². The van der Waals surface area contributed by atoms with Gasteiger partial charge >= 0.3 is 0 Å². The Morgan fingerprint density at radius 2 is 2.00 bits per heavy atom. The smallest absolute Gasteiger partial charge is 0.234 e. The standard InChI is InChI=1S/C15H11Cl2N3OS/c16-9-2-1-3-11(6-9)18-14(21)8-22-15-19-12-5-4-10(17)7-13(12)20-15/h1-7H,8H2,(H,18,21)(H,19,20). The maximum atomic E-state index is 11.9. The van der Waals surface area contributed by atoms with E-state index in [1.165, 1.54) is 11.8 Å². The first-order valence-electron chi connectivity index (χ1n) is 6.44. The number of nitrogens with zero attached hydrogens (tertiary/aromatic N) is 1. The average molecular weight is 352 g/mol. The van der Waals surface area contributed by atoms with Crippen molar-refractivity contribution in [2.24, 2.45) is 0 Å². The highest BCUT2D eigenvalue weighted by molar-refractivity contribution is 7.99. The lowest BCUT2D eigenvalue weighted by Crippen LogP contribution is -2.13. The first-order chi connectivity index (χ1) is 10.6. The Bertz CT molecular complexity index is 835. The molecule has 3 rings (SSSR count). The monoisotopic (exact) mass is 351 g/mol. The molecule has 0 bridgehead atoms. The van der Waals surface area contributed by atoms with Crippen molar-refractivity contribution >= 4 is 57.6 Å². The zero-order chi connectivity index (χ0) is 15.5. The summed E-state index contributed by atoms with van der Waals surface area (Å²) in [6, 6.07) is 12.5. The van der Waals surface area contributed by atoms with Crippen molar-refractivity contribution < 1.29 is 4.79 Å². The molecule has 7 heteroatoms. The van der Waals surface area contributed by atoms with Gasteiger partial charge in [0.25, 0.3) is 0 Å². The number of imidazole rings is 1. The second-order valence-corrected chi connectivity index (χ2v) is 6.39. The molecule has 0 saturated heterocycles. The number of H-pyrrole nitrogens is 1. The van der Waals surface area contributed by atoms with Crippen LogP contribution in [-0.2, 0) is 4.79 Å². The maximum absolute atomic E-state index is 11.9. The van der Waals surface area contributed by atoms with Crippen molar-refractivity contribution in [1.29, 1.82) is 0 Å². The summed E-state index contributed by atoms with van der Waals surface area (Å²) in [7, 11) is 0. The molecule has 2 N–H and O–H groups in total. The number of carbonyl (C=O) groups is 1. The summed E-state index contributed by atoms with van der Waals surface area (Å²) in [5, 5.41) is 4.70. The van der Waals surface area contributed by atoms with E-state index in [2.05, 4.69) is 15.3 Å². The van der Waals surface area contributed by atoms with Gasteiger partial charge in [-0.2, -0.15) is 0 Å². The molecular formula is C15H11Cl2N3OS. The Morgan fingerprint density at radius 1 is 1.18 bits per heavy atom. The molecule has 0 radical (unpaired) electrons. The lowest BCUT2D eigenvalue weighted by atomic mass is 10.3. The number of aromatic nitrogens is 2. The van der Waals surface area contributed by atoms with Gasteiger partial charge in [-0.3, -0.25) is 4.79 Å². The minimum Gasteiger partial charge on any atom is -0.333 e. The van der Waals surface area contributed by atoms with Crippen LogP contribution in [0.4, 0.5) is 5.69 Å². The SMILES string of the molecule is O=C(CSc1nc2ccc(Cl)cc2[nH]1)Nc1cccc(Cl)c1. The van der Waals surface area contributed by atoms with Crippen LogP contribution in [0.15, 0.2) is 47.6 Å². The number of hydrogen-bond donors (Lipinski definition) is 2. The summed E-state index contributed by atoms with van der Waals surface area (Å²) in [5.41, 5.74) is 2.35. The van der Waals surface area contributed by atoms with E-state index in [4.69, 9.17) is 23.2 Å². The van der Waals surface area contributed by atoms with E-state index in [1.54, 1.807) is 36.4 Å². The van der Waals surface area contributed by atoms with Crippen molar-refractivity contribution in [3.63, 3.8) is 0 Å². The highest BCUT2D eigenvalue weighted by Crippen LogP contribution is 2.22. The van der Waals surface area contributed by atoms with Crippen LogP contribution in [0.25, 0.3) is 11.0 Å². The van der Waals surface area contributed by atoms with Gasteiger partial charge in [-0.05, 0) is 36.4 Å². The van der Waals surface area contributed by atoms with Crippen molar-refractivity contribution in [2.75, 3.05) is 11.1 Å². The van der Waals surface area contributed by atoms with E-state index >= 15 is 0 Å². The molecule has 4 nitrogen and oxygen atoms in total. The van der Waals surface area contributed by atoms with E-state index < -0.39 is 0 Å². The molecule has 0 aliphatic heterocycles. The van der Waals surface area contributed by atoms with Gasteiger partial charge in [0.2, 0.25) is 5.91 Å². The number of hydrogen-bond acceptors (Lipinski definition) is 3. The van der Waals surface area contributed by atoms with Gasteiger partial charge in [-0.25, -0.2) is 4.98 Å². The Morgan fingerprint density at radius 3 is 2.82 bits per heavy atom. The molecule has 0 unspecified atom stereocenters. The van der Waals surface area contributed by atoms with E-state index in [9.17, 15) is 4.79 Å². The minimum atomic E-state index is -0.120. The molecule has 112 valence electrons. The van der Waals surface area contributed by atoms with Gasteiger partial charge in [-0.15, -0.1) is 0 Å². The number of anilines is 1. The van der Waals surface area contributed by atoms with E-state index in [0.29, 0.717) is 20.9 Å². The Hall–Kier alpha value is -1.69. The third-order valence-corrected chi connectivity index (χ3v) is 4.21. The molecular weight excluding hydrogens is 341 g/mol. The number of nitrogens with one attached hydrogen (secondary N) is 2. The van der Waals surface area contributed by atoms with Crippen molar-refractivity contribution in [3.05, 3.63) is 52.5 Å². The van der Waals surface area contributed by atoms with Crippen LogP contribution in [0, 0.1) is 0 Å². The predicted molar refractivity (Wildman–Crippen MR) is 91.9 cm³/mol. The summed E-state index contributed by atoms with van der Waals surface area (Å²) in [6.45, 7) is 0. The number of thioether (sulfide) groups is 1. The fraction of sp³-hybridized carbons (Fsp3) is 0.0667. The highest BCUT2D eigenvalue weighted by atomic mass is 35.5. The lowest BCUT2D eigenvalue weighted by molar-refractivity contribution is -0.113. The molecule has 0 aliphatic rings. The normalized spacial score (nSPS) is 10.8. The summed E-state index contributed by atoms with van der Waals surface area (Å²) in [5.74, 6) is 0.130. The van der Waals surface area contributed by atoms with Crippen molar-refractivity contribution in [1.82, 2.24) is 9.97 Å². The third-order valence-electron chi connectivity index (χ3n) is 2.87. The molecule has 0 saturated carbocycles. The van der Waals surface area contributed by atoms with Crippen molar-refractivity contribution in [2.45, 2.75) is 5.16 Å². The van der Waals surface area contributed by atoms with Gasteiger partial charge in [0.05, 0.1) is 16.8 Å². The number of benzene rings is 2. The number of amides is 1. The van der Waals surface area contributed by atoms with Crippen LogP contribution < -0.4 is 5.32 Å². The second-order valence-electron chi connectivity index (χ2n) is 4.55.